The van der Waals surface area contributed by atoms with Crippen molar-refractivity contribution < 1.29 is 9.13 Å². The number of fused-ring (bicyclic) bond motifs is 1. The molecular formula is C14H10BrFN2OS. The van der Waals surface area contributed by atoms with Crippen molar-refractivity contribution in [2.45, 2.75) is 0 Å². The molecule has 1 heterocycles. The summed E-state index contributed by atoms with van der Waals surface area (Å²) in [7, 11) is 1.44. The molecule has 0 aliphatic heterocycles. The molecule has 0 bridgehead atoms. The average Bonchev–Trinajstić information content (AvgIpc) is 2.82. The summed E-state index contributed by atoms with van der Waals surface area (Å²) in [5.41, 5.74) is 1.65. The van der Waals surface area contributed by atoms with Crippen LogP contribution in [0.3, 0.4) is 0 Å². The maximum atomic E-state index is 13.3. The van der Waals surface area contributed by atoms with Crippen LogP contribution in [-0.2, 0) is 0 Å². The molecule has 3 rings (SSSR count). The Labute approximate surface area is 127 Å². The molecule has 0 atom stereocenters. The lowest BCUT2D eigenvalue weighted by Crippen LogP contribution is -1.92. The van der Waals surface area contributed by atoms with Crippen molar-refractivity contribution in [3.8, 4) is 5.75 Å². The number of ether oxygens (including phenoxy) is 1. The third-order valence-electron chi connectivity index (χ3n) is 2.75. The second-order valence-corrected chi connectivity index (χ2v) is 6.05. The third-order valence-corrected chi connectivity index (χ3v) is 4.20. The van der Waals surface area contributed by atoms with Crippen LogP contribution in [0.1, 0.15) is 0 Å². The van der Waals surface area contributed by atoms with E-state index in [4.69, 9.17) is 4.74 Å². The van der Waals surface area contributed by atoms with Gasteiger partial charge < -0.3 is 10.1 Å². The number of anilines is 2. The number of rotatable bonds is 3. The van der Waals surface area contributed by atoms with Gasteiger partial charge in [-0.25, -0.2) is 9.37 Å². The summed E-state index contributed by atoms with van der Waals surface area (Å²) in [6, 6.07) is 10.6. The number of aromatic nitrogens is 1. The van der Waals surface area contributed by atoms with Gasteiger partial charge in [0.15, 0.2) is 16.7 Å². The molecule has 0 amide bonds. The van der Waals surface area contributed by atoms with E-state index in [0.717, 1.165) is 25.5 Å². The first-order valence-electron chi connectivity index (χ1n) is 5.82. The highest BCUT2D eigenvalue weighted by Gasteiger charge is 2.07. The van der Waals surface area contributed by atoms with Gasteiger partial charge in [0.1, 0.15) is 0 Å². The Morgan fingerprint density at radius 3 is 2.90 bits per heavy atom. The van der Waals surface area contributed by atoms with Crippen LogP contribution >= 0.6 is 27.3 Å². The molecule has 2 aromatic carbocycles. The first kappa shape index (κ1) is 13.3. The molecule has 0 saturated heterocycles. The van der Waals surface area contributed by atoms with Crippen LogP contribution in [0.4, 0.5) is 15.2 Å². The van der Waals surface area contributed by atoms with Gasteiger partial charge in [-0.05, 0) is 30.3 Å². The lowest BCUT2D eigenvalue weighted by atomic mass is 10.3. The molecular weight excluding hydrogens is 343 g/mol. The fourth-order valence-electron chi connectivity index (χ4n) is 1.82. The van der Waals surface area contributed by atoms with Crippen molar-refractivity contribution in [3.63, 3.8) is 0 Å². The molecule has 0 aliphatic rings. The van der Waals surface area contributed by atoms with Gasteiger partial charge in [0, 0.05) is 16.2 Å². The number of benzene rings is 2. The first-order valence-corrected chi connectivity index (χ1v) is 7.43. The molecule has 3 aromatic rings. The number of nitrogens with one attached hydrogen (secondary N) is 1. The standard InChI is InChI=1S/C14H10BrFN2OS/c1-19-12-7-9(3-4-10(12)16)17-14-18-11-6-8(15)2-5-13(11)20-14/h2-7H,1H3,(H,17,18). The maximum absolute atomic E-state index is 13.3. The van der Waals surface area contributed by atoms with Gasteiger partial charge in [-0.15, -0.1) is 0 Å². The van der Waals surface area contributed by atoms with Gasteiger partial charge in [0.2, 0.25) is 0 Å². The SMILES string of the molecule is COc1cc(Nc2nc3cc(Br)ccc3s2)ccc1F. The van der Waals surface area contributed by atoms with Gasteiger partial charge >= 0.3 is 0 Å². The Hall–Kier alpha value is -1.66. The van der Waals surface area contributed by atoms with Crippen molar-refractivity contribution in [3.05, 3.63) is 46.7 Å². The molecule has 1 aromatic heterocycles. The molecule has 3 nitrogen and oxygen atoms in total. The van der Waals surface area contributed by atoms with Gasteiger partial charge in [-0.1, -0.05) is 27.3 Å². The third kappa shape index (κ3) is 2.62. The summed E-state index contributed by atoms with van der Waals surface area (Å²) in [4.78, 5) is 4.49. The molecule has 1 N–H and O–H groups in total. The summed E-state index contributed by atoms with van der Waals surface area (Å²) in [6.45, 7) is 0. The van der Waals surface area contributed by atoms with Crippen molar-refractivity contribution in [2.75, 3.05) is 12.4 Å². The van der Waals surface area contributed by atoms with Crippen molar-refractivity contribution >= 4 is 48.3 Å². The molecule has 20 heavy (non-hydrogen) atoms. The normalized spacial score (nSPS) is 10.8. The van der Waals surface area contributed by atoms with E-state index in [-0.39, 0.29) is 11.6 Å². The summed E-state index contributed by atoms with van der Waals surface area (Å²) >= 11 is 4.96. The van der Waals surface area contributed by atoms with Crippen LogP contribution in [0.25, 0.3) is 10.2 Å². The Kier molecular flexibility index (Phi) is 3.58. The van der Waals surface area contributed by atoms with E-state index < -0.39 is 0 Å². The minimum atomic E-state index is -0.383. The molecule has 0 unspecified atom stereocenters. The van der Waals surface area contributed by atoms with E-state index in [1.54, 1.807) is 23.5 Å². The fraction of sp³-hybridized carbons (Fsp3) is 0.0714. The van der Waals surface area contributed by atoms with E-state index in [2.05, 4.69) is 26.2 Å². The Morgan fingerprint density at radius 1 is 1.25 bits per heavy atom. The van der Waals surface area contributed by atoms with E-state index in [9.17, 15) is 4.39 Å². The molecule has 0 spiro atoms. The van der Waals surface area contributed by atoms with Crippen molar-refractivity contribution in [1.29, 1.82) is 0 Å². The molecule has 0 radical (unpaired) electrons. The lowest BCUT2D eigenvalue weighted by molar-refractivity contribution is 0.387. The highest BCUT2D eigenvalue weighted by atomic mass is 79.9. The zero-order valence-corrected chi connectivity index (χ0v) is 12.9. The summed E-state index contributed by atoms with van der Waals surface area (Å²) in [6.07, 6.45) is 0. The zero-order chi connectivity index (χ0) is 14.1. The van der Waals surface area contributed by atoms with E-state index in [1.807, 2.05) is 18.2 Å². The lowest BCUT2D eigenvalue weighted by Gasteiger charge is -2.06. The van der Waals surface area contributed by atoms with Crippen molar-refractivity contribution in [1.82, 2.24) is 4.98 Å². The average molecular weight is 353 g/mol. The number of hydrogen-bond donors (Lipinski definition) is 1. The summed E-state index contributed by atoms with van der Waals surface area (Å²) in [5.74, 6) is -0.176. The number of halogens is 2. The molecule has 102 valence electrons. The van der Waals surface area contributed by atoms with Gasteiger partial charge in [0.05, 0.1) is 17.3 Å². The molecule has 0 saturated carbocycles. The Bertz CT molecular complexity index is 775. The summed E-state index contributed by atoms with van der Waals surface area (Å²) in [5, 5.41) is 3.92. The quantitative estimate of drug-likeness (QED) is 0.723. The monoisotopic (exact) mass is 352 g/mol. The molecule has 0 fully saturated rings. The maximum Gasteiger partial charge on any atom is 0.188 e. The Morgan fingerprint density at radius 2 is 2.10 bits per heavy atom. The summed E-state index contributed by atoms with van der Waals surface area (Å²) < 4.78 is 20.4. The van der Waals surface area contributed by atoms with Crippen LogP contribution in [-0.4, -0.2) is 12.1 Å². The predicted octanol–water partition coefficient (Wildman–Crippen LogP) is 4.95. The van der Waals surface area contributed by atoms with Crippen LogP contribution in [0.15, 0.2) is 40.9 Å². The predicted molar refractivity (Wildman–Crippen MR) is 83.6 cm³/mol. The molecule has 0 aliphatic carbocycles. The number of methoxy groups -OCH3 is 1. The largest absolute Gasteiger partial charge is 0.494 e. The van der Waals surface area contributed by atoms with E-state index >= 15 is 0 Å². The number of hydrogen-bond acceptors (Lipinski definition) is 4. The zero-order valence-electron chi connectivity index (χ0n) is 10.5. The van der Waals surface area contributed by atoms with Crippen LogP contribution in [0.5, 0.6) is 5.75 Å². The second-order valence-electron chi connectivity index (χ2n) is 4.11. The van der Waals surface area contributed by atoms with Gasteiger partial charge in [0.25, 0.3) is 0 Å². The smallest absolute Gasteiger partial charge is 0.188 e. The van der Waals surface area contributed by atoms with Crippen LogP contribution in [0.2, 0.25) is 0 Å². The highest BCUT2D eigenvalue weighted by molar-refractivity contribution is 9.10. The fourth-order valence-corrected chi connectivity index (χ4v) is 3.03. The molecule has 6 heteroatoms. The minimum absolute atomic E-state index is 0.207. The number of nitrogens with zero attached hydrogens (tertiary/aromatic N) is 1. The first-order chi connectivity index (χ1) is 9.65. The minimum Gasteiger partial charge on any atom is -0.494 e. The van der Waals surface area contributed by atoms with Gasteiger partial charge in [-0.2, -0.15) is 0 Å². The topological polar surface area (TPSA) is 34.1 Å². The van der Waals surface area contributed by atoms with Gasteiger partial charge in [-0.3, -0.25) is 0 Å². The van der Waals surface area contributed by atoms with Crippen LogP contribution in [0, 0.1) is 5.82 Å². The number of thiazole rings is 1. The van der Waals surface area contributed by atoms with Crippen molar-refractivity contribution in [2.24, 2.45) is 0 Å². The van der Waals surface area contributed by atoms with E-state index in [1.165, 1.54) is 13.2 Å². The highest BCUT2D eigenvalue weighted by Crippen LogP contribution is 2.31. The van der Waals surface area contributed by atoms with E-state index in [0.29, 0.717) is 0 Å². The van der Waals surface area contributed by atoms with Crippen LogP contribution < -0.4 is 10.1 Å². The Balaban J connectivity index is 1.92. The second kappa shape index (κ2) is 5.38.